The second-order valence-electron chi connectivity index (χ2n) is 8.61. The van der Waals surface area contributed by atoms with Crippen LogP contribution in [0.15, 0.2) is 103 Å². The average molecular weight is 496 g/mol. The Kier molecular flexibility index (Phi) is 6.19. The number of phenols is 1. The van der Waals surface area contributed by atoms with E-state index in [1.807, 2.05) is 18.2 Å². The van der Waals surface area contributed by atoms with Crippen molar-refractivity contribution in [3.05, 3.63) is 125 Å². The molecule has 1 unspecified atom stereocenters. The summed E-state index contributed by atoms with van der Waals surface area (Å²) in [6.45, 7) is 1.54. The molecule has 1 heterocycles. The molecular weight excluding hydrogens is 473 g/mol. The molecule has 0 aliphatic carbocycles. The Labute approximate surface area is 212 Å². The van der Waals surface area contributed by atoms with Crippen LogP contribution in [-0.2, 0) is 9.59 Å². The molecule has 1 aliphatic heterocycles. The van der Waals surface area contributed by atoms with Crippen molar-refractivity contribution >= 4 is 23.1 Å². The van der Waals surface area contributed by atoms with Crippen molar-refractivity contribution < 1.29 is 28.9 Å². The summed E-state index contributed by atoms with van der Waals surface area (Å²) in [5.74, 6) is -1.92. The van der Waals surface area contributed by atoms with Crippen LogP contribution in [0.2, 0.25) is 0 Å². The molecule has 1 atom stereocenters. The molecule has 4 aromatic carbocycles. The number of aliphatic hydroxyl groups excluding tert-OH is 1. The van der Waals surface area contributed by atoms with Crippen molar-refractivity contribution in [3.8, 4) is 17.2 Å². The third-order valence-corrected chi connectivity index (χ3v) is 6.17. The summed E-state index contributed by atoms with van der Waals surface area (Å²) in [5, 5.41) is 21.8. The summed E-state index contributed by atoms with van der Waals surface area (Å²) in [7, 11) is 0. The number of carbonyl (C=O) groups excluding carboxylic acids is 2. The third kappa shape index (κ3) is 4.43. The molecule has 0 bridgehead atoms. The van der Waals surface area contributed by atoms with Gasteiger partial charge in [0.1, 0.15) is 28.8 Å². The van der Waals surface area contributed by atoms with Gasteiger partial charge in [0.2, 0.25) is 0 Å². The molecule has 184 valence electrons. The predicted octanol–water partition coefficient (Wildman–Crippen LogP) is 6.26. The molecule has 6 nitrogen and oxygen atoms in total. The number of rotatable bonds is 5. The van der Waals surface area contributed by atoms with Crippen LogP contribution in [0.1, 0.15) is 22.7 Å². The Morgan fingerprint density at radius 2 is 1.57 bits per heavy atom. The van der Waals surface area contributed by atoms with Gasteiger partial charge in [-0.05, 0) is 72.6 Å². The fraction of sp³-hybridized carbons (Fsp3) is 0.0667. The van der Waals surface area contributed by atoms with Crippen molar-refractivity contribution in [2.45, 2.75) is 13.0 Å². The molecule has 0 spiro atoms. The van der Waals surface area contributed by atoms with Crippen LogP contribution >= 0.6 is 0 Å². The van der Waals surface area contributed by atoms with Crippen LogP contribution in [0.4, 0.5) is 10.1 Å². The molecule has 5 rings (SSSR count). The van der Waals surface area contributed by atoms with Crippen molar-refractivity contribution in [3.63, 3.8) is 0 Å². The minimum absolute atomic E-state index is 0.110. The summed E-state index contributed by atoms with van der Waals surface area (Å²) >= 11 is 0. The molecule has 0 radical (unpaired) electrons. The van der Waals surface area contributed by atoms with Crippen LogP contribution in [0.5, 0.6) is 17.2 Å². The zero-order valence-corrected chi connectivity index (χ0v) is 19.8. The molecule has 1 fully saturated rings. The van der Waals surface area contributed by atoms with Gasteiger partial charge in [0.25, 0.3) is 11.7 Å². The highest BCUT2D eigenvalue weighted by Gasteiger charge is 2.47. The lowest BCUT2D eigenvalue weighted by atomic mass is 9.94. The topological polar surface area (TPSA) is 87.1 Å². The Hall–Kier alpha value is -4.91. The number of aromatic hydroxyl groups is 1. The number of ether oxygens (including phenoxy) is 1. The second-order valence-corrected chi connectivity index (χ2v) is 8.61. The van der Waals surface area contributed by atoms with Gasteiger partial charge in [0.05, 0.1) is 17.3 Å². The van der Waals surface area contributed by atoms with Crippen molar-refractivity contribution in [1.82, 2.24) is 0 Å². The summed E-state index contributed by atoms with van der Waals surface area (Å²) in [6.07, 6.45) is 0. The van der Waals surface area contributed by atoms with E-state index in [1.165, 1.54) is 37.3 Å². The monoisotopic (exact) mass is 495 g/mol. The van der Waals surface area contributed by atoms with Gasteiger partial charge in [-0.1, -0.05) is 42.5 Å². The Morgan fingerprint density at radius 3 is 2.30 bits per heavy atom. The molecule has 37 heavy (non-hydrogen) atoms. The number of hydrogen-bond acceptors (Lipinski definition) is 5. The van der Waals surface area contributed by atoms with Crippen LogP contribution < -0.4 is 9.64 Å². The zero-order valence-electron chi connectivity index (χ0n) is 19.8. The Morgan fingerprint density at radius 1 is 0.865 bits per heavy atom. The number of benzene rings is 4. The van der Waals surface area contributed by atoms with Crippen LogP contribution in [0, 0.1) is 12.7 Å². The van der Waals surface area contributed by atoms with Crippen LogP contribution in [0.25, 0.3) is 5.76 Å². The Balaban J connectivity index is 1.69. The maximum atomic E-state index is 13.9. The molecule has 7 heteroatoms. The van der Waals surface area contributed by atoms with Gasteiger partial charge in [0, 0.05) is 5.56 Å². The fourth-order valence-electron chi connectivity index (χ4n) is 4.38. The number of ketones is 1. The van der Waals surface area contributed by atoms with Crippen molar-refractivity contribution in [2.24, 2.45) is 0 Å². The summed E-state index contributed by atoms with van der Waals surface area (Å²) in [4.78, 5) is 27.8. The van der Waals surface area contributed by atoms with Gasteiger partial charge in [0.15, 0.2) is 0 Å². The van der Waals surface area contributed by atoms with E-state index >= 15 is 0 Å². The quantitative estimate of drug-likeness (QED) is 0.194. The summed E-state index contributed by atoms with van der Waals surface area (Å²) in [5.41, 5.74) is 0.857. The second kappa shape index (κ2) is 9.62. The van der Waals surface area contributed by atoms with Gasteiger partial charge < -0.3 is 14.9 Å². The average Bonchev–Trinajstić information content (AvgIpc) is 3.16. The van der Waals surface area contributed by atoms with Crippen molar-refractivity contribution in [1.29, 1.82) is 0 Å². The highest BCUT2D eigenvalue weighted by molar-refractivity contribution is 6.51. The first-order chi connectivity index (χ1) is 17.8. The normalized spacial score (nSPS) is 16.7. The maximum Gasteiger partial charge on any atom is 0.300 e. The fourth-order valence-corrected chi connectivity index (χ4v) is 4.38. The lowest BCUT2D eigenvalue weighted by Crippen LogP contribution is -2.29. The number of aliphatic hydroxyl groups is 1. The number of hydrogen-bond donors (Lipinski definition) is 2. The van der Waals surface area contributed by atoms with Gasteiger partial charge in [-0.2, -0.15) is 0 Å². The SMILES string of the molecule is Cc1cc(/C(O)=C2/C(=O)C(=O)N(c3ccccc3O)C2c2cccc(Oc3ccccc3)c2)ccc1F. The van der Waals surface area contributed by atoms with E-state index < -0.39 is 29.3 Å². The third-order valence-electron chi connectivity index (χ3n) is 6.17. The number of Topliss-reactive ketones (excluding diaryl/α,β-unsaturated/α-hetero) is 1. The molecule has 1 amide bonds. The number of anilines is 1. The molecule has 0 saturated carbocycles. The van der Waals surface area contributed by atoms with E-state index in [0.717, 1.165) is 4.90 Å². The lowest BCUT2D eigenvalue weighted by Gasteiger charge is -2.26. The van der Waals surface area contributed by atoms with Gasteiger partial charge in [-0.3, -0.25) is 14.5 Å². The minimum Gasteiger partial charge on any atom is -0.507 e. The van der Waals surface area contributed by atoms with Gasteiger partial charge >= 0.3 is 0 Å². The van der Waals surface area contributed by atoms with Crippen molar-refractivity contribution in [2.75, 3.05) is 4.90 Å². The molecule has 1 saturated heterocycles. The molecule has 0 aromatic heterocycles. The molecule has 1 aliphatic rings. The smallest absolute Gasteiger partial charge is 0.300 e. The lowest BCUT2D eigenvalue weighted by molar-refractivity contribution is -0.132. The van der Waals surface area contributed by atoms with Gasteiger partial charge in [-0.25, -0.2) is 4.39 Å². The van der Waals surface area contributed by atoms with E-state index in [-0.39, 0.29) is 28.1 Å². The highest BCUT2D eigenvalue weighted by Crippen LogP contribution is 2.45. The van der Waals surface area contributed by atoms with E-state index in [4.69, 9.17) is 4.74 Å². The molecule has 2 N–H and O–H groups in total. The molecular formula is C30H22FNO5. The number of para-hydroxylation sites is 3. The number of phenolic OH excluding ortho intramolecular Hbond substituents is 1. The molecule has 4 aromatic rings. The Bertz CT molecular complexity index is 1550. The highest BCUT2D eigenvalue weighted by atomic mass is 19.1. The van der Waals surface area contributed by atoms with E-state index in [1.54, 1.807) is 48.5 Å². The first kappa shape index (κ1) is 23.8. The number of carbonyl (C=O) groups is 2. The summed E-state index contributed by atoms with van der Waals surface area (Å²) in [6, 6.07) is 24.9. The van der Waals surface area contributed by atoms with Crippen LogP contribution in [-0.4, -0.2) is 21.9 Å². The number of amides is 1. The van der Waals surface area contributed by atoms with E-state index in [2.05, 4.69) is 0 Å². The number of aryl methyl sites for hydroxylation is 1. The standard InChI is InChI=1S/C30H22FNO5/c1-18-16-20(14-15-23(18)31)28(34)26-27(32(30(36)29(26)35)24-12-5-6-13-25(24)33)19-8-7-11-22(17-19)37-21-9-3-2-4-10-21/h2-17,27,33-34H,1H3/b28-26-. The largest absolute Gasteiger partial charge is 0.507 e. The van der Waals surface area contributed by atoms with Gasteiger partial charge in [-0.15, -0.1) is 0 Å². The number of halogens is 1. The minimum atomic E-state index is -1.09. The first-order valence-corrected chi connectivity index (χ1v) is 11.5. The van der Waals surface area contributed by atoms with Crippen LogP contribution in [0.3, 0.4) is 0 Å². The zero-order chi connectivity index (χ0) is 26.1. The van der Waals surface area contributed by atoms with E-state index in [9.17, 15) is 24.2 Å². The van der Waals surface area contributed by atoms with E-state index in [0.29, 0.717) is 17.1 Å². The predicted molar refractivity (Wildman–Crippen MR) is 137 cm³/mol. The first-order valence-electron chi connectivity index (χ1n) is 11.5. The number of nitrogens with zero attached hydrogens (tertiary/aromatic N) is 1. The maximum absolute atomic E-state index is 13.9. The summed E-state index contributed by atoms with van der Waals surface area (Å²) < 4.78 is 19.9.